The molecule has 1 aromatic carbocycles. The predicted molar refractivity (Wildman–Crippen MR) is 106 cm³/mol. The van der Waals surface area contributed by atoms with Crippen molar-refractivity contribution in [1.82, 2.24) is 29.9 Å². The van der Waals surface area contributed by atoms with Crippen LogP contribution in [0.1, 0.15) is 21.6 Å². The van der Waals surface area contributed by atoms with Crippen LogP contribution in [0.4, 0.5) is 5.95 Å². The SMILES string of the molecule is N#Cc1cccc(-c2cc(-c3cn(Cc4cc(C(=O)O)ccn4)nn3)nc(N)n2)c1. The number of nitrogens with zero attached hydrogens (tertiary/aromatic N) is 7. The first kappa shape index (κ1) is 18.7. The summed E-state index contributed by atoms with van der Waals surface area (Å²) in [4.78, 5) is 23.7. The molecule has 3 N–H and O–H groups in total. The summed E-state index contributed by atoms with van der Waals surface area (Å²) in [5, 5.41) is 26.4. The van der Waals surface area contributed by atoms with Crippen LogP contribution in [0.5, 0.6) is 0 Å². The van der Waals surface area contributed by atoms with Crippen LogP contribution in [-0.4, -0.2) is 41.0 Å². The Balaban J connectivity index is 1.63. The highest BCUT2D eigenvalue weighted by atomic mass is 16.4. The van der Waals surface area contributed by atoms with E-state index < -0.39 is 5.97 Å². The summed E-state index contributed by atoms with van der Waals surface area (Å²) < 4.78 is 1.53. The number of nitrogen functional groups attached to an aromatic ring is 1. The Labute approximate surface area is 170 Å². The van der Waals surface area contributed by atoms with E-state index in [9.17, 15) is 4.79 Å². The molecular weight excluding hydrogens is 384 g/mol. The summed E-state index contributed by atoms with van der Waals surface area (Å²) >= 11 is 0. The maximum absolute atomic E-state index is 11.1. The Morgan fingerprint density at radius 2 is 1.97 bits per heavy atom. The molecular formula is C20H14N8O2. The van der Waals surface area contributed by atoms with Gasteiger partial charge in [0.2, 0.25) is 5.95 Å². The van der Waals surface area contributed by atoms with E-state index in [1.54, 1.807) is 30.5 Å². The number of carbonyl (C=O) groups is 1. The summed E-state index contributed by atoms with van der Waals surface area (Å²) in [6.07, 6.45) is 3.09. The fourth-order valence-corrected chi connectivity index (χ4v) is 2.85. The lowest BCUT2D eigenvalue weighted by Crippen LogP contribution is -2.05. The Kier molecular flexibility index (Phi) is 4.84. The number of anilines is 1. The van der Waals surface area contributed by atoms with Gasteiger partial charge >= 0.3 is 5.97 Å². The molecule has 0 spiro atoms. The molecule has 4 aromatic rings. The number of aromatic carboxylic acids is 1. The van der Waals surface area contributed by atoms with Gasteiger partial charge in [0.05, 0.1) is 47.0 Å². The van der Waals surface area contributed by atoms with Crippen molar-refractivity contribution in [3.63, 3.8) is 0 Å². The van der Waals surface area contributed by atoms with Crippen LogP contribution in [-0.2, 0) is 6.54 Å². The second-order valence-electron chi connectivity index (χ2n) is 6.33. The van der Waals surface area contributed by atoms with Crippen LogP contribution >= 0.6 is 0 Å². The van der Waals surface area contributed by atoms with Crippen molar-refractivity contribution in [1.29, 1.82) is 5.26 Å². The topological polar surface area (TPSA) is 156 Å². The maximum Gasteiger partial charge on any atom is 0.335 e. The third kappa shape index (κ3) is 3.95. The standard InChI is InChI=1S/C20H14N8O2/c21-9-12-2-1-3-13(6-12)16-8-17(25-20(22)24-16)18-11-28(27-26-18)10-15-7-14(19(29)30)4-5-23-15/h1-8,11H,10H2,(H,29,30)(H2,22,24,25). The number of rotatable bonds is 5. The molecule has 0 aliphatic rings. The van der Waals surface area contributed by atoms with Gasteiger partial charge in [0.15, 0.2) is 0 Å². The molecule has 0 unspecified atom stereocenters. The number of benzene rings is 1. The molecule has 4 rings (SSSR count). The first-order chi connectivity index (χ1) is 14.5. The van der Waals surface area contributed by atoms with E-state index in [0.29, 0.717) is 28.3 Å². The monoisotopic (exact) mass is 398 g/mol. The molecule has 10 heteroatoms. The fraction of sp³-hybridized carbons (Fsp3) is 0.0500. The minimum atomic E-state index is -1.03. The van der Waals surface area contributed by atoms with E-state index in [1.807, 2.05) is 6.07 Å². The van der Waals surface area contributed by atoms with E-state index in [4.69, 9.17) is 16.1 Å². The molecule has 10 nitrogen and oxygen atoms in total. The second kappa shape index (κ2) is 7.76. The lowest BCUT2D eigenvalue weighted by atomic mass is 10.1. The average Bonchev–Trinajstić information content (AvgIpc) is 3.22. The van der Waals surface area contributed by atoms with Gasteiger partial charge < -0.3 is 10.8 Å². The number of nitriles is 1. The quantitative estimate of drug-likeness (QED) is 0.513. The molecule has 3 aromatic heterocycles. The minimum absolute atomic E-state index is 0.0650. The third-order valence-electron chi connectivity index (χ3n) is 4.22. The lowest BCUT2D eigenvalue weighted by molar-refractivity contribution is 0.0696. The van der Waals surface area contributed by atoms with Crippen LogP contribution in [0.15, 0.2) is 54.9 Å². The molecule has 0 saturated heterocycles. The Morgan fingerprint density at radius 1 is 1.13 bits per heavy atom. The predicted octanol–water partition coefficient (Wildman–Crippen LogP) is 2.00. The molecule has 146 valence electrons. The molecule has 0 amide bonds. The molecule has 0 aliphatic carbocycles. The van der Waals surface area contributed by atoms with E-state index >= 15 is 0 Å². The van der Waals surface area contributed by atoms with Crippen LogP contribution < -0.4 is 5.73 Å². The van der Waals surface area contributed by atoms with Gasteiger partial charge in [0.1, 0.15) is 5.69 Å². The molecule has 30 heavy (non-hydrogen) atoms. The van der Waals surface area contributed by atoms with Gasteiger partial charge in [-0.1, -0.05) is 17.3 Å². The smallest absolute Gasteiger partial charge is 0.335 e. The van der Waals surface area contributed by atoms with Crippen LogP contribution in [0.2, 0.25) is 0 Å². The highest BCUT2D eigenvalue weighted by Gasteiger charge is 2.12. The highest BCUT2D eigenvalue weighted by Crippen LogP contribution is 2.24. The number of hydrogen-bond acceptors (Lipinski definition) is 8. The van der Waals surface area contributed by atoms with Crippen molar-refractivity contribution in [2.24, 2.45) is 0 Å². The van der Waals surface area contributed by atoms with Crippen molar-refractivity contribution >= 4 is 11.9 Å². The summed E-state index contributed by atoms with van der Waals surface area (Å²) in [5.41, 5.74) is 9.28. The average molecular weight is 398 g/mol. The van der Waals surface area contributed by atoms with Gasteiger partial charge in [-0.15, -0.1) is 5.10 Å². The number of hydrogen-bond donors (Lipinski definition) is 2. The number of aromatic nitrogens is 6. The number of carboxylic acids is 1. The number of carboxylic acid groups (broad SMARTS) is 1. The molecule has 3 heterocycles. The van der Waals surface area contributed by atoms with E-state index in [-0.39, 0.29) is 18.1 Å². The summed E-state index contributed by atoms with van der Waals surface area (Å²) in [6.45, 7) is 0.242. The zero-order valence-electron chi connectivity index (χ0n) is 15.5. The summed E-state index contributed by atoms with van der Waals surface area (Å²) in [6, 6.07) is 13.7. The highest BCUT2D eigenvalue weighted by molar-refractivity contribution is 5.87. The van der Waals surface area contributed by atoms with Gasteiger partial charge in [0, 0.05) is 11.8 Å². The molecule has 0 aliphatic heterocycles. The zero-order valence-corrected chi connectivity index (χ0v) is 15.5. The van der Waals surface area contributed by atoms with E-state index in [2.05, 4.69) is 31.3 Å². The molecule has 0 bridgehead atoms. The van der Waals surface area contributed by atoms with E-state index in [0.717, 1.165) is 5.56 Å². The van der Waals surface area contributed by atoms with E-state index in [1.165, 1.54) is 23.0 Å². The summed E-state index contributed by atoms with van der Waals surface area (Å²) in [7, 11) is 0. The second-order valence-corrected chi connectivity index (χ2v) is 6.33. The number of pyridine rings is 1. The maximum atomic E-state index is 11.1. The van der Waals surface area contributed by atoms with Crippen molar-refractivity contribution in [2.75, 3.05) is 5.73 Å². The van der Waals surface area contributed by atoms with Crippen molar-refractivity contribution < 1.29 is 9.90 Å². The van der Waals surface area contributed by atoms with Gasteiger partial charge in [-0.3, -0.25) is 4.98 Å². The molecule has 0 atom stereocenters. The van der Waals surface area contributed by atoms with Crippen LogP contribution in [0.3, 0.4) is 0 Å². The molecule has 0 saturated carbocycles. The Bertz CT molecular complexity index is 1290. The Hall–Kier alpha value is -4.65. The van der Waals surface area contributed by atoms with Crippen LogP contribution in [0.25, 0.3) is 22.6 Å². The van der Waals surface area contributed by atoms with Crippen molar-refractivity contribution in [2.45, 2.75) is 6.54 Å². The first-order valence-corrected chi connectivity index (χ1v) is 8.75. The Morgan fingerprint density at radius 3 is 2.77 bits per heavy atom. The largest absolute Gasteiger partial charge is 0.478 e. The van der Waals surface area contributed by atoms with Gasteiger partial charge in [-0.2, -0.15) is 5.26 Å². The summed E-state index contributed by atoms with van der Waals surface area (Å²) in [5.74, 6) is -0.961. The van der Waals surface area contributed by atoms with Gasteiger partial charge in [-0.25, -0.2) is 19.4 Å². The fourth-order valence-electron chi connectivity index (χ4n) is 2.85. The normalized spacial score (nSPS) is 10.5. The molecule has 0 radical (unpaired) electrons. The third-order valence-corrected chi connectivity index (χ3v) is 4.22. The van der Waals surface area contributed by atoms with Crippen molar-refractivity contribution in [3.8, 4) is 28.7 Å². The van der Waals surface area contributed by atoms with Gasteiger partial charge in [0.25, 0.3) is 0 Å². The van der Waals surface area contributed by atoms with Crippen molar-refractivity contribution in [3.05, 3.63) is 71.7 Å². The van der Waals surface area contributed by atoms with Gasteiger partial charge in [-0.05, 0) is 30.3 Å². The lowest BCUT2D eigenvalue weighted by Gasteiger charge is -2.05. The minimum Gasteiger partial charge on any atom is -0.478 e. The number of nitrogens with two attached hydrogens (primary N) is 1. The first-order valence-electron chi connectivity index (χ1n) is 8.75. The zero-order chi connectivity index (χ0) is 21.1. The molecule has 0 fully saturated rings. The van der Waals surface area contributed by atoms with Crippen LogP contribution in [0, 0.1) is 11.3 Å².